The van der Waals surface area contributed by atoms with E-state index in [1.807, 2.05) is 32.0 Å². The highest BCUT2D eigenvalue weighted by molar-refractivity contribution is 7.88. The summed E-state index contributed by atoms with van der Waals surface area (Å²) in [7, 11) is -3.55. The Morgan fingerprint density at radius 2 is 1.82 bits per heavy atom. The van der Waals surface area contributed by atoms with Gasteiger partial charge in [-0.05, 0) is 49.4 Å². The molecule has 1 heterocycles. The van der Waals surface area contributed by atoms with Gasteiger partial charge in [0.15, 0.2) is 0 Å². The van der Waals surface area contributed by atoms with Gasteiger partial charge in [0, 0.05) is 23.8 Å². The van der Waals surface area contributed by atoms with Crippen LogP contribution in [0.2, 0.25) is 5.02 Å². The third kappa shape index (κ3) is 4.74. The fourth-order valence-electron chi connectivity index (χ4n) is 3.55. The van der Waals surface area contributed by atoms with Crippen molar-refractivity contribution in [1.29, 1.82) is 0 Å². The van der Waals surface area contributed by atoms with E-state index in [9.17, 15) is 13.2 Å². The van der Waals surface area contributed by atoms with Crippen LogP contribution in [0.3, 0.4) is 0 Å². The van der Waals surface area contributed by atoms with Gasteiger partial charge in [-0.1, -0.05) is 48.0 Å². The number of aryl methyl sites for hydroxylation is 2. The quantitative estimate of drug-likeness (QED) is 0.790. The maximum atomic E-state index is 12.9. The second-order valence-corrected chi connectivity index (χ2v) is 9.68. The molecule has 1 saturated heterocycles. The number of benzene rings is 2. The van der Waals surface area contributed by atoms with Crippen molar-refractivity contribution in [2.24, 2.45) is 5.92 Å². The summed E-state index contributed by atoms with van der Waals surface area (Å²) in [6.45, 7) is 4.53. The van der Waals surface area contributed by atoms with E-state index in [0.29, 0.717) is 30.0 Å². The first-order valence-corrected chi connectivity index (χ1v) is 11.3. The van der Waals surface area contributed by atoms with Gasteiger partial charge in [-0.3, -0.25) is 4.79 Å². The van der Waals surface area contributed by atoms with Crippen molar-refractivity contribution in [3.8, 4) is 0 Å². The first-order chi connectivity index (χ1) is 13.3. The number of hydrogen-bond acceptors (Lipinski definition) is 3. The van der Waals surface area contributed by atoms with Gasteiger partial charge in [0.1, 0.15) is 0 Å². The van der Waals surface area contributed by atoms with Crippen molar-refractivity contribution in [1.82, 2.24) is 4.31 Å². The number of nitrogens with one attached hydrogen (secondary N) is 1. The Labute approximate surface area is 171 Å². The number of hydrogen-bond donors (Lipinski definition) is 1. The van der Waals surface area contributed by atoms with Gasteiger partial charge in [-0.15, -0.1) is 0 Å². The average Bonchev–Trinajstić information content (AvgIpc) is 2.66. The van der Waals surface area contributed by atoms with Gasteiger partial charge in [0.25, 0.3) is 0 Å². The number of sulfonamides is 1. The van der Waals surface area contributed by atoms with Crippen LogP contribution in [0, 0.1) is 19.8 Å². The molecule has 7 heteroatoms. The van der Waals surface area contributed by atoms with Crippen LogP contribution in [0.15, 0.2) is 42.5 Å². The highest BCUT2D eigenvalue weighted by Gasteiger charge is 2.33. The van der Waals surface area contributed by atoms with Gasteiger partial charge in [-0.25, -0.2) is 12.7 Å². The first-order valence-electron chi connectivity index (χ1n) is 9.36. The van der Waals surface area contributed by atoms with E-state index in [2.05, 4.69) is 5.32 Å². The summed E-state index contributed by atoms with van der Waals surface area (Å²) >= 11 is 6.12. The number of piperidine rings is 1. The Balaban J connectivity index is 1.71. The fraction of sp³-hybridized carbons (Fsp3) is 0.381. The Morgan fingerprint density at radius 3 is 2.50 bits per heavy atom. The maximum Gasteiger partial charge on any atom is 0.228 e. The summed E-state index contributed by atoms with van der Waals surface area (Å²) < 4.78 is 27.2. The third-order valence-electron chi connectivity index (χ3n) is 5.17. The van der Waals surface area contributed by atoms with E-state index in [1.165, 1.54) is 4.31 Å². The second kappa shape index (κ2) is 8.64. The Hall–Kier alpha value is -1.89. The average molecular weight is 421 g/mol. The minimum atomic E-state index is -3.55. The summed E-state index contributed by atoms with van der Waals surface area (Å²) in [5.74, 6) is -0.651. The number of nitrogens with zero attached hydrogens (tertiary/aromatic N) is 1. The second-order valence-electron chi connectivity index (χ2n) is 7.30. The maximum absolute atomic E-state index is 12.9. The summed E-state index contributed by atoms with van der Waals surface area (Å²) in [6.07, 6.45) is 1.33. The number of amides is 1. The number of carbonyl (C=O) groups is 1. The Bertz CT molecular complexity index is 955. The normalized spacial score (nSPS) is 18.0. The van der Waals surface area contributed by atoms with Crippen molar-refractivity contribution >= 4 is 33.2 Å². The van der Waals surface area contributed by atoms with Crippen molar-refractivity contribution in [2.45, 2.75) is 32.4 Å². The van der Waals surface area contributed by atoms with Crippen molar-refractivity contribution in [2.75, 3.05) is 18.4 Å². The van der Waals surface area contributed by atoms with Crippen LogP contribution in [0.5, 0.6) is 0 Å². The standard InChI is InChI=1S/C21H25ClN2O3S/c1-15-7-5-8-16(2)20(15)23-21(25)17-10-6-12-24(13-17)28(26,27)14-18-9-3-4-11-19(18)22/h3-5,7-9,11,17H,6,10,12-14H2,1-2H3,(H,23,25)/t17-/m0/s1. The third-order valence-corrected chi connectivity index (χ3v) is 7.34. The van der Waals surface area contributed by atoms with Gasteiger partial charge < -0.3 is 5.32 Å². The van der Waals surface area contributed by atoms with E-state index in [1.54, 1.807) is 24.3 Å². The molecule has 5 nitrogen and oxygen atoms in total. The van der Waals surface area contributed by atoms with Crippen LogP contribution < -0.4 is 5.32 Å². The molecule has 0 aliphatic carbocycles. The summed E-state index contributed by atoms with van der Waals surface area (Å²) in [5, 5.41) is 3.43. The molecule has 2 aromatic rings. The molecule has 1 atom stereocenters. The van der Waals surface area contributed by atoms with Gasteiger partial charge >= 0.3 is 0 Å². The Kier molecular flexibility index (Phi) is 6.43. The largest absolute Gasteiger partial charge is 0.325 e. The highest BCUT2D eigenvalue weighted by Crippen LogP contribution is 2.26. The molecule has 28 heavy (non-hydrogen) atoms. The molecular formula is C21H25ClN2O3S. The fourth-order valence-corrected chi connectivity index (χ4v) is 5.47. The summed E-state index contributed by atoms with van der Waals surface area (Å²) in [4.78, 5) is 12.8. The molecule has 1 amide bonds. The smallest absolute Gasteiger partial charge is 0.228 e. The number of rotatable bonds is 5. The SMILES string of the molecule is Cc1cccc(C)c1NC(=O)[C@H]1CCCN(S(=O)(=O)Cc2ccccc2Cl)C1. The predicted molar refractivity (Wildman–Crippen MR) is 113 cm³/mol. The number of halogens is 1. The van der Waals surface area contributed by atoms with Gasteiger partial charge in [0.05, 0.1) is 11.7 Å². The van der Waals surface area contributed by atoms with Crippen LogP contribution in [0.25, 0.3) is 0 Å². The zero-order chi connectivity index (χ0) is 20.3. The Morgan fingerprint density at radius 1 is 1.14 bits per heavy atom. The monoisotopic (exact) mass is 420 g/mol. The van der Waals surface area contributed by atoms with Crippen molar-refractivity contribution in [3.63, 3.8) is 0 Å². The summed E-state index contributed by atoms with van der Waals surface area (Å²) in [6, 6.07) is 12.8. The molecule has 0 aromatic heterocycles. The molecule has 0 unspecified atom stereocenters. The molecule has 2 aromatic carbocycles. The highest BCUT2D eigenvalue weighted by atomic mass is 35.5. The zero-order valence-electron chi connectivity index (χ0n) is 16.1. The van der Waals surface area contributed by atoms with Crippen LogP contribution in [0.1, 0.15) is 29.5 Å². The molecule has 1 N–H and O–H groups in total. The van der Waals surface area contributed by atoms with Crippen LogP contribution >= 0.6 is 11.6 Å². The summed E-state index contributed by atoms with van der Waals surface area (Å²) in [5.41, 5.74) is 3.37. The van der Waals surface area contributed by atoms with E-state index < -0.39 is 10.0 Å². The molecule has 3 rings (SSSR count). The minimum Gasteiger partial charge on any atom is -0.325 e. The van der Waals surface area contributed by atoms with E-state index >= 15 is 0 Å². The molecule has 1 fully saturated rings. The molecular weight excluding hydrogens is 396 g/mol. The minimum absolute atomic E-state index is 0.130. The molecule has 150 valence electrons. The lowest BCUT2D eigenvalue weighted by Crippen LogP contribution is -2.44. The molecule has 1 aliphatic rings. The van der Waals surface area contributed by atoms with Crippen LogP contribution in [0.4, 0.5) is 5.69 Å². The lowest BCUT2D eigenvalue weighted by atomic mass is 9.98. The van der Waals surface area contributed by atoms with Gasteiger partial charge in [-0.2, -0.15) is 0 Å². The molecule has 0 spiro atoms. The first kappa shape index (κ1) is 20.8. The van der Waals surface area contributed by atoms with Crippen LogP contribution in [-0.4, -0.2) is 31.7 Å². The molecule has 0 saturated carbocycles. The van der Waals surface area contributed by atoms with Crippen molar-refractivity contribution in [3.05, 3.63) is 64.2 Å². The van der Waals surface area contributed by atoms with Crippen LogP contribution in [-0.2, 0) is 20.6 Å². The predicted octanol–water partition coefficient (Wildman–Crippen LogP) is 4.14. The number of carbonyl (C=O) groups excluding carboxylic acids is 1. The molecule has 0 bridgehead atoms. The topological polar surface area (TPSA) is 66.5 Å². The number of para-hydroxylation sites is 1. The van der Waals surface area contributed by atoms with E-state index in [4.69, 9.17) is 11.6 Å². The lowest BCUT2D eigenvalue weighted by Gasteiger charge is -2.31. The van der Waals surface area contributed by atoms with E-state index in [-0.39, 0.29) is 24.1 Å². The molecule has 1 aliphatic heterocycles. The number of anilines is 1. The lowest BCUT2D eigenvalue weighted by molar-refractivity contribution is -0.120. The van der Waals surface area contributed by atoms with Crippen molar-refractivity contribution < 1.29 is 13.2 Å². The zero-order valence-corrected chi connectivity index (χ0v) is 17.7. The van der Waals surface area contributed by atoms with E-state index in [0.717, 1.165) is 16.8 Å². The van der Waals surface area contributed by atoms with Gasteiger partial charge in [0.2, 0.25) is 15.9 Å². The molecule has 0 radical (unpaired) electrons.